The summed E-state index contributed by atoms with van der Waals surface area (Å²) in [5.41, 5.74) is 0.497. The fraction of sp³-hybridized carbons (Fsp3) is 0.444. The van der Waals surface area contributed by atoms with Crippen LogP contribution in [0.3, 0.4) is 0 Å². The summed E-state index contributed by atoms with van der Waals surface area (Å²) >= 11 is 0. The zero-order valence-corrected chi connectivity index (χ0v) is 14.1. The highest BCUT2D eigenvalue weighted by Crippen LogP contribution is 2.24. The molecule has 124 valence electrons. The van der Waals surface area contributed by atoms with Crippen LogP contribution in [0.15, 0.2) is 30.5 Å². The Morgan fingerprint density at radius 3 is 2.57 bits per heavy atom. The van der Waals surface area contributed by atoms with Crippen LogP contribution >= 0.6 is 0 Å². The van der Waals surface area contributed by atoms with Crippen LogP contribution in [-0.4, -0.2) is 49.1 Å². The number of nitrogens with one attached hydrogen (secondary N) is 1. The number of anilines is 1. The molecule has 0 unspecified atom stereocenters. The SMILES string of the molecule is CCN(CC)CCCNc1ncc(C(=O)OC)c2ccccc12. The van der Waals surface area contributed by atoms with E-state index in [0.29, 0.717) is 5.56 Å². The zero-order valence-electron chi connectivity index (χ0n) is 14.1. The summed E-state index contributed by atoms with van der Waals surface area (Å²) in [6.07, 6.45) is 2.64. The molecule has 1 heterocycles. The summed E-state index contributed by atoms with van der Waals surface area (Å²) in [5.74, 6) is 0.453. The number of hydrogen-bond donors (Lipinski definition) is 1. The molecule has 1 N–H and O–H groups in total. The molecular weight excluding hydrogens is 290 g/mol. The summed E-state index contributed by atoms with van der Waals surface area (Å²) in [5, 5.41) is 5.19. The van der Waals surface area contributed by atoms with Gasteiger partial charge in [-0.25, -0.2) is 9.78 Å². The topological polar surface area (TPSA) is 54.5 Å². The number of methoxy groups -OCH3 is 1. The number of aromatic nitrogens is 1. The molecule has 0 spiro atoms. The molecule has 1 aromatic carbocycles. The summed E-state index contributed by atoms with van der Waals surface area (Å²) < 4.78 is 4.83. The maximum absolute atomic E-state index is 11.9. The molecular formula is C18H25N3O2. The summed E-state index contributed by atoms with van der Waals surface area (Å²) in [6.45, 7) is 8.43. The van der Waals surface area contributed by atoms with Crippen LogP contribution in [0.2, 0.25) is 0 Å². The molecule has 0 radical (unpaired) electrons. The van der Waals surface area contributed by atoms with Crippen LogP contribution in [0.25, 0.3) is 10.8 Å². The normalized spacial score (nSPS) is 11.0. The van der Waals surface area contributed by atoms with Crippen LogP contribution in [0.1, 0.15) is 30.6 Å². The molecule has 2 rings (SSSR count). The molecule has 0 aliphatic rings. The first kappa shape index (κ1) is 17.2. The molecule has 5 heteroatoms. The fourth-order valence-corrected chi connectivity index (χ4v) is 2.66. The number of fused-ring (bicyclic) bond motifs is 1. The number of carbonyl (C=O) groups excluding carboxylic acids is 1. The monoisotopic (exact) mass is 315 g/mol. The van der Waals surface area contributed by atoms with Crippen LogP contribution in [0, 0.1) is 0 Å². The van der Waals surface area contributed by atoms with Crippen LogP contribution in [0.5, 0.6) is 0 Å². The van der Waals surface area contributed by atoms with Gasteiger partial charge in [0.1, 0.15) is 5.82 Å². The number of benzene rings is 1. The van der Waals surface area contributed by atoms with Gasteiger partial charge in [0.2, 0.25) is 0 Å². The van der Waals surface area contributed by atoms with Gasteiger partial charge in [-0.2, -0.15) is 0 Å². The standard InChI is InChI=1S/C18H25N3O2/c1-4-21(5-2)12-8-11-19-17-15-10-7-6-9-14(15)16(13-20-17)18(22)23-3/h6-7,9-10,13H,4-5,8,11-12H2,1-3H3,(H,19,20). The first-order valence-corrected chi connectivity index (χ1v) is 8.13. The van der Waals surface area contributed by atoms with Gasteiger partial charge in [0.05, 0.1) is 12.7 Å². The quantitative estimate of drug-likeness (QED) is 0.599. The molecule has 0 amide bonds. The van der Waals surface area contributed by atoms with Crippen molar-refractivity contribution in [3.63, 3.8) is 0 Å². The van der Waals surface area contributed by atoms with Crippen molar-refractivity contribution in [1.82, 2.24) is 9.88 Å². The maximum Gasteiger partial charge on any atom is 0.340 e. The van der Waals surface area contributed by atoms with Crippen molar-refractivity contribution in [2.75, 3.05) is 38.6 Å². The van der Waals surface area contributed by atoms with Gasteiger partial charge in [0, 0.05) is 23.5 Å². The lowest BCUT2D eigenvalue weighted by Crippen LogP contribution is -2.25. The second-order valence-electron chi connectivity index (χ2n) is 5.36. The van der Waals surface area contributed by atoms with Crippen molar-refractivity contribution < 1.29 is 9.53 Å². The number of esters is 1. The summed E-state index contributed by atoms with van der Waals surface area (Å²) in [4.78, 5) is 18.7. The van der Waals surface area contributed by atoms with Gasteiger partial charge in [-0.05, 0) is 26.1 Å². The van der Waals surface area contributed by atoms with E-state index < -0.39 is 0 Å². The Bertz CT molecular complexity index is 654. The zero-order chi connectivity index (χ0) is 16.7. The second-order valence-corrected chi connectivity index (χ2v) is 5.36. The molecule has 0 bridgehead atoms. The van der Waals surface area contributed by atoms with Gasteiger partial charge < -0.3 is 15.0 Å². The number of ether oxygens (including phenoxy) is 1. The fourth-order valence-electron chi connectivity index (χ4n) is 2.66. The van der Waals surface area contributed by atoms with Gasteiger partial charge in [-0.1, -0.05) is 38.1 Å². The molecule has 2 aromatic rings. The van der Waals surface area contributed by atoms with E-state index in [1.807, 2.05) is 24.3 Å². The van der Waals surface area contributed by atoms with Crippen LogP contribution < -0.4 is 5.32 Å². The summed E-state index contributed by atoms with van der Waals surface area (Å²) in [7, 11) is 1.39. The smallest absolute Gasteiger partial charge is 0.340 e. The van der Waals surface area contributed by atoms with E-state index in [-0.39, 0.29) is 5.97 Å². The molecule has 0 saturated heterocycles. The van der Waals surface area contributed by atoms with Crippen molar-refractivity contribution >= 4 is 22.6 Å². The van der Waals surface area contributed by atoms with Crippen molar-refractivity contribution in [1.29, 1.82) is 0 Å². The minimum Gasteiger partial charge on any atom is -0.465 e. The minimum atomic E-state index is -0.359. The van der Waals surface area contributed by atoms with Crippen LogP contribution in [-0.2, 0) is 4.74 Å². The number of rotatable bonds is 8. The first-order valence-electron chi connectivity index (χ1n) is 8.13. The minimum absolute atomic E-state index is 0.359. The molecule has 0 atom stereocenters. The van der Waals surface area contributed by atoms with Crippen LogP contribution in [0.4, 0.5) is 5.82 Å². The van der Waals surface area contributed by atoms with Crippen molar-refractivity contribution in [3.8, 4) is 0 Å². The number of hydrogen-bond acceptors (Lipinski definition) is 5. The van der Waals surface area contributed by atoms with E-state index in [0.717, 1.165) is 49.2 Å². The Kier molecular flexibility index (Phi) is 6.35. The Morgan fingerprint density at radius 1 is 1.22 bits per heavy atom. The lowest BCUT2D eigenvalue weighted by atomic mass is 10.1. The Labute approximate surface area is 137 Å². The Morgan fingerprint density at radius 2 is 1.91 bits per heavy atom. The third-order valence-corrected chi connectivity index (χ3v) is 4.04. The third kappa shape index (κ3) is 4.20. The molecule has 0 saturated carbocycles. The third-order valence-electron chi connectivity index (χ3n) is 4.04. The average Bonchev–Trinajstić information content (AvgIpc) is 2.61. The first-order chi connectivity index (χ1) is 11.2. The van der Waals surface area contributed by atoms with Gasteiger partial charge >= 0.3 is 5.97 Å². The molecule has 0 aliphatic carbocycles. The number of carbonyl (C=O) groups is 1. The molecule has 0 aliphatic heterocycles. The Hall–Kier alpha value is -2.14. The van der Waals surface area contributed by atoms with E-state index in [1.54, 1.807) is 6.20 Å². The lowest BCUT2D eigenvalue weighted by Gasteiger charge is -2.18. The molecule has 5 nitrogen and oxygen atoms in total. The summed E-state index contributed by atoms with van der Waals surface area (Å²) in [6, 6.07) is 7.76. The average molecular weight is 315 g/mol. The highest BCUT2D eigenvalue weighted by Gasteiger charge is 2.13. The van der Waals surface area contributed by atoms with Crippen molar-refractivity contribution in [3.05, 3.63) is 36.0 Å². The number of pyridine rings is 1. The number of nitrogens with zero attached hydrogens (tertiary/aromatic N) is 2. The lowest BCUT2D eigenvalue weighted by molar-refractivity contribution is 0.0602. The molecule has 0 fully saturated rings. The van der Waals surface area contributed by atoms with E-state index in [9.17, 15) is 4.79 Å². The van der Waals surface area contributed by atoms with E-state index in [1.165, 1.54) is 7.11 Å². The highest BCUT2D eigenvalue weighted by atomic mass is 16.5. The van der Waals surface area contributed by atoms with E-state index in [2.05, 4.69) is 29.0 Å². The van der Waals surface area contributed by atoms with E-state index >= 15 is 0 Å². The van der Waals surface area contributed by atoms with Crippen molar-refractivity contribution in [2.45, 2.75) is 20.3 Å². The molecule has 23 heavy (non-hydrogen) atoms. The van der Waals surface area contributed by atoms with Gasteiger partial charge in [0.25, 0.3) is 0 Å². The van der Waals surface area contributed by atoms with Gasteiger partial charge in [-0.15, -0.1) is 0 Å². The van der Waals surface area contributed by atoms with Gasteiger partial charge in [0.15, 0.2) is 0 Å². The largest absolute Gasteiger partial charge is 0.465 e. The van der Waals surface area contributed by atoms with Crippen molar-refractivity contribution in [2.24, 2.45) is 0 Å². The predicted octanol–water partition coefficient (Wildman–Crippen LogP) is 3.17. The van der Waals surface area contributed by atoms with E-state index in [4.69, 9.17) is 4.74 Å². The maximum atomic E-state index is 11.9. The van der Waals surface area contributed by atoms with Gasteiger partial charge in [-0.3, -0.25) is 0 Å². The highest BCUT2D eigenvalue weighted by molar-refractivity contribution is 6.07. The predicted molar refractivity (Wildman–Crippen MR) is 94.0 cm³/mol. The molecule has 1 aromatic heterocycles. The Balaban J connectivity index is 2.11. The second kappa shape index (κ2) is 8.48.